The third-order valence-electron chi connectivity index (χ3n) is 9.82. The monoisotopic (exact) mass is 368 g/mol. The Hall–Kier alpha value is -0.930. The third-order valence-corrected chi connectivity index (χ3v) is 9.82. The zero-order valence-corrected chi connectivity index (χ0v) is 16.6. The number of hydrogen-bond acceptors (Lipinski definition) is 3. The first kappa shape index (κ1) is 17.0. The van der Waals surface area contributed by atoms with E-state index < -0.39 is 6.29 Å². The quantitative estimate of drug-likeness (QED) is 0.703. The van der Waals surface area contributed by atoms with Gasteiger partial charge in [0.25, 0.3) is 0 Å². The minimum absolute atomic E-state index is 0.162. The number of fused-ring (bicyclic) bond motifs is 9. The summed E-state index contributed by atoms with van der Waals surface area (Å²) in [7, 11) is 0. The fourth-order valence-electron chi connectivity index (χ4n) is 8.83. The molecule has 4 fully saturated rings. The molecule has 0 aromatic carbocycles. The van der Waals surface area contributed by atoms with Gasteiger partial charge < -0.3 is 9.84 Å². The van der Waals surface area contributed by atoms with Crippen LogP contribution in [0.15, 0.2) is 23.8 Å². The molecule has 0 radical (unpaired) electrons. The van der Waals surface area contributed by atoms with Gasteiger partial charge >= 0.3 is 0 Å². The van der Waals surface area contributed by atoms with E-state index in [9.17, 15) is 9.90 Å². The number of carbonyl (C=O) groups is 1. The van der Waals surface area contributed by atoms with E-state index in [0.717, 1.165) is 42.9 Å². The van der Waals surface area contributed by atoms with E-state index in [-0.39, 0.29) is 11.0 Å². The van der Waals surface area contributed by atoms with Gasteiger partial charge in [-0.1, -0.05) is 31.9 Å². The van der Waals surface area contributed by atoms with E-state index in [1.807, 2.05) is 12.2 Å². The number of allylic oxidation sites excluding steroid dienone is 1. The Morgan fingerprint density at radius 2 is 2.15 bits per heavy atom. The predicted octanol–water partition coefficient (Wildman–Crippen LogP) is 4.26. The molecule has 1 N–H and O–H groups in total. The van der Waals surface area contributed by atoms with Crippen molar-refractivity contribution in [1.82, 2.24) is 0 Å². The van der Waals surface area contributed by atoms with Crippen LogP contribution < -0.4 is 0 Å². The average molecular weight is 369 g/mol. The number of hydrogen-bond donors (Lipinski definition) is 1. The summed E-state index contributed by atoms with van der Waals surface area (Å²) in [5.74, 6) is 5.36. The first-order valence-electron chi connectivity index (χ1n) is 11.3. The maximum atomic E-state index is 12.0. The van der Waals surface area contributed by atoms with Gasteiger partial charge in [0.05, 0.1) is 5.60 Å². The van der Waals surface area contributed by atoms with Crippen LogP contribution in [0, 0.1) is 46.8 Å². The lowest BCUT2D eigenvalue weighted by Gasteiger charge is -2.59. The SMILES string of the molecule is CC[C@@H]1CC2=CC(=O)CC[C@@H]2C2CC[C@@]3(C)C(C21)[C@@H]1C[C@@H]1[C@@]31C=CC(O)O1. The molecule has 10 atom stereocenters. The summed E-state index contributed by atoms with van der Waals surface area (Å²) in [6.45, 7) is 4.83. The summed E-state index contributed by atoms with van der Waals surface area (Å²) < 4.78 is 6.29. The van der Waals surface area contributed by atoms with Crippen molar-refractivity contribution in [1.29, 1.82) is 0 Å². The standard InChI is InChI=1S/C24H32O3/c1-3-13-10-14-11-15(25)4-5-16(14)17-6-8-23(2)22(21(13)17)18-12-19(18)24(23)9-7-20(26)27-24/h7,9,11,13,16-22,26H,3-6,8,10,12H2,1-2H3/t13-,16+,17?,18-,19+,20?,21?,22?,23+,24+/m1/s1. The molecule has 0 aromatic rings. The molecule has 0 aromatic heterocycles. The van der Waals surface area contributed by atoms with Crippen LogP contribution in [0.25, 0.3) is 0 Å². The van der Waals surface area contributed by atoms with Crippen LogP contribution in [0.5, 0.6) is 0 Å². The molecule has 146 valence electrons. The van der Waals surface area contributed by atoms with Crippen LogP contribution in [0.3, 0.4) is 0 Å². The van der Waals surface area contributed by atoms with Crippen LogP contribution in [-0.4, -0.2) is 22.8 Å². The summed E-state index contributed by atoms with van der Waals surface area (Å²) >= 11 is 0. The van der Waals surface area contributed by atoms with E-state index in [1.165, 1.54) is 31.3 Å². The van der Waals surface area contributed by atoms with Crippen molar-refractivity contribution in [3.05, 3.63) is 23.8 Å². The fraction of sp³-hybridized carbons (Fsp3) is 0.792. The summed E-state index contributed by atoms with van der Waals surface area (Å²) in [6, 6.07) is 0. The Bertz CT molecular complexity index is 753. The number of aliphatic hydroxyl groups is 1. The molecule has 4 saturated carbocycles. The van der Waals surface area contributed by atoms with Crippen molar-refractivity contribution >= 4 is 5.78 Å². The molecule has 0 saturated heterocycles. The zero-order chi connectivity index (χ0) is 18.6. The summed E-state index contributed by atoms with van der Waals surface area (Å²) in [6.07, 6.45) is 13.4. The fourth-order valence-corrected chi connectivity index (χ4v) is 8.83. The van der Waals surface area contributed by atoms with Gasteiger partial charge in [-0.25, -0.2) is 0 Å². The van der Waals surface area contributed by atoms with E-state index in [0.29, 0.717) is 23.5 Å². The van der Waals surface area contributed by atoms with Crippen molar-refractivity contribution in [3.63, 3.8) is 0 Å². The first-order chi connectivity index (χ1) is 13.0. The minimum atomic E-state index is -0.716. The number of ketones is 1. The molecule has 3 nitrogen and oxygen atoms in total. The molecule has 0 bridgehead atoms. The van der Waals surface area contributed by atoms with Gasteiger partial charge in [0, 0.05) is 11.8 Å². The Kier molecular flexibility index (Phi) is 3.37. The van der Waals surface area contributed by atoms with Gasteiger partial charge in [0.2, 0.25) is 0 Å². The molecule has 6 aliphatic rings. The normalized spacial score (nSPS) is 57.7. The lowest BCUT2D eigenvalue weighted by Crippen LogP contribution is -2.56. The average Bonchev–Trinajstić information content (AvgIpc) is 3.29. The highest BCUT2D eigenvalue weighted by molar-refractivity contribution is 5.91. The van der Waals surface area contributed by atoms with Crippen molar-refractivity contribution in [2.45, 2.75) is 70.7 Å². The van der Waals surface area contributed by atoms with Crippen molar-refractivity contribution in [3.8, 4) is 0 Å². The van der Waals surface area contributed by atoms with Crippen LogP contribution >= 0.6 is 0 Å². The summed E-state index contributed by atoms with van der Waals surface area (Å²) in [5.41, 5.74) is 1.42. The van der Waals surface area contributed by atoms with Crippen LogP contribution in [0.1, 0.15) is 58.8 Å². The van der Waals surface area contributed by atoms with Gasteiger partial charge in [0.1, 0.15) is 0 Å². The van der Waals surface area contributed by atoms with E-state index >= 15 is 0 Å². The second kappa shape index (κ2) is 5.36. The van der Waals surface area contributed by atoms with Crippen LogP contribution in [0.2, 0.25) is 0 Å². The highest BCUT2D eigenvalue weighted by Crippen LogP contribution is 2.78. The topological polar surface area (TPSA) is 46.5 Å². The summed E-state index contributed by atoms with van der Waals surface area (Å²) in [5, 5.41) is 10.2. The molecule has 5 aliphatic carbocycles. The number of aliphatic hydroxyl groups excluding tert-OH is 1. The molecule has 6 rings (SSSR count). The van der Waals surface area contributed by atoms with Crippen LogP contribution in [-0.2, 0) is 9.53 Å². The van der Waals surface area contributed by atoms with Gasteiger partial charge in [-0.15, -0.1) is 0 Å². The van der Waals surface area contributed by atoms with Crippen molar-refractivity contribution in [2.75, 3.05) is 0 Å². The van der Waals surface area contributed by atoms with Gasteiger partial charge in [0.15, 0.2) is 12.1 Å². The van der Waals surface area contributed by atoms with Gasteiger partial charge in [-0.2, -0.15) is 0 Å². The molecular formula is C24H32O3. The Labute approximate surface area is 162 Å². The van der Waals surface area contributed by atoms with E-state index in [4.69, 9.17) is 4.74 Å². The smallest absolute Gasteiger partial charge is 0.175 e. The summed E-state index contributed by atoms with van der Waals surface area (Å²) in [4.78, 5) is 12.0. The minimum Gasteiger partial charge on any atom is -0.365 e. The van der Waals surface area contributed by atoms with Crippen molar-refractivity contribution < 1.29 is 14.6 Å². The second-order valence-electron chi connectivity index (χ2n) is 10.6. The largest absolute Gasteiger partial charge is 0.365 e. The second-order valence-corrected chi connectivity index (χ2v) is 10.6. The Morgan fingerprint density at radius 1 is 1.30 bits per heavy atom. The number of ether oxygens (including phenoxy) is 1. The lowest BCUT2D eigenvalue weighted by molar-refractivity contribution is -0.198. The van der Waals surface area contributed by atoms with Gasteiger partial charge in [-0.3, -0.25) is 4.79 Å². The lowest BCUT2D eigenvalue weighted by atomic mass is 9.46. The molecule has 27 heavy (non-hydrogen) atoms. The molecule has 1 heterocycles. The first-order valence-corrected chi connectivity index (χ1v) is 11.3. The van der Waals surface area contributed by atoms with E-state index in [1.54, 1.807) is 0 Å². The Morgan fingerprint density at radius 3 is 2.89 bits per heavy atom. The molecule has 1 spiro atoms. The maximum Gasteiger partial charge on any atom is 0.175 e. The molecule has 1 aliphatic heterocycles. The third kappa shape index (κ3) is 1.98. The van der Waals surface area contributed by atoms with Gasteiger partial charge in [-0.05, 0) is 85.7 Å². The Balaban J connectivity index is 1.41. The van der Waals surface area contributed by atoms with Crippen LogP contribution in [0.4, 0.5) is 0 Å². The maximum absolute atomic E-state index is 12.0. The number of rotatable bonds is 1. The molecule has 3 heteroatoms. The highest BCUT2D eigenvalue weighted by Gasteiger charge is 2.77. The molecule has 4 unspecified atom stereocenters. The molecule has 0 amide bonds. The number of carbonyl (C=O) groups excluding carboxylic acids is 1. The molecular weight excluding hydrogens is 336 g/mol. The zero-order valence-electron chi connectivity index (χ0n) is 16.6. The van der Waals surface area contributed by atoms with Crippen molar-refractivity contribution in [2.24, 2.45) is 46.8 Å². The van der Waals surface area contributed by atoms with E-state index in [2.05, 4.69) is 19.9 Å². The highest BCUT2D eigenvalue weighted by atomic mass is 16.6. The predicted molar refractivity (Wildman–Crippen MR) is 103 cm³/mol.